The highest BCUT2D eigenvalue weighted by atomic mass is 14.9. The molecule has 0 bridgehead atoms. The molecule has 2 heteroatoms. The maximum atomic E-state index is 5.84. The van der Waals surface area contributed by atoms with E-state index >= 15 is 0 Å². The first kappa shape index (κ1) is 12.2. The number of hydrogen-bond donors (Lipinski definition) is 1. The molecule has 0 spiro atoms. The third kappa shape index (κ3) is 2.37. The second-order valence-electron chi connectivity index (χ2n) is 5.26. The summed E-state index contributed by atoms with van der Waals surface area (Å²) in [5, 5.41) is 1.39. The Morgan fingerprint density at radius 1 is 1.29 bits per heavy atom. The van der Waals surface area contributed by atoms with Gasteiger partial charge in [0.1, 0.15) is 0 Å². The molecule has 0 saturated carbocycles. The van der Waals surface area contributed by atoms with Crippen molar-refractivity contribution in [1.29, 1.82) is 0 Å². The van der Waals surface area contributed by atoms with Gasteiger partial charge in [0, 0.05) is 24.7 Å². The van der Waals surface area contributed by atoms with E-state index in [1.807, 2.05) is 0 Å². The molecule has 1 unspecified atom stereocenters. The van der Waals surface area contributed by atoms with E-state index in [2.05, 4.69) is 50.7 Å². The van der Waals surface area contributed by atoms with Crippen LogP contribution in [0.1, 0.15) is 30.0 Å². The molecule has 0 amide bonds. The van der Waals surface area contributed by atoms with Crippen LogP contribution in [-0.4, -0.2) is 10.6 Å². The summed E-state index contributed by atoms with van der Waals surface area (Å²) in [6.45, 7) is 6.42. The van der Waals surface area contributed by atoms with Gasteiger partial charge < -0.3 is 10.3 Å². The van der Waals surface area contributed by atoms with Gasteiger partial charge in [-0.05, 0) is 50.8 Å². The van der Waals surface area contributed by atoms with Crippen molar-refractivity contribution in [3.05, 3.63) is 35.0 Å². The molecule has 1 atom stereocenters. The smallest absolute Gasteiger partial charge is 0.0510 e. The number of nitrogens with zero attached hydrogens (tertiary/aromatic N) is 1. The van der Waals surface area contributed by atoms with Crippen molar-refractivity contribution in [2.75, 3.05) is 0 Å². The SMILES string of the molecule is Cc1cc(C)c2c(c1)c(CCC(C)N)cn2C. The quantitative estimate of drug-likeness (QED) is 0.863. The number of fused-ring (bicyclic) bond motifs is 1. The van der Waals surface area contributed by atoms with Crippen molar-refractivity contribution in [1.82, 2.24) is 4.57 Å². The molecule has 2 rings (SSSR count). The Morgan fingerprint density at radius 2 is 2.00 bits per heavy atom. The molecule has 2 aromatic rings. The van der Waals surface area contributed by atoms with Crippen LogP contribution >= 0.6 is 0 Å². The maximum Gasteiger partial charge on any atom is 0.0510 e. The highest BCUT2D eigenvalue weighted by Gasteiger charge is 2.09. The molecule has 0 aliphatic heterocycles. The summed E-state index contributed by atoms with van der Waals surface area (Å²) in [6, 6.07) is 4.81. The first-order chi connectivity index (χ1) is 7.99. The van der Waals surface area contributed by atoms with Crippen molar-refractivity contribution in [3.63, 3.8) is 0 Å². The molecule has 0 aliphatic carbocycles. The van der Waals surface area contributed by atoms with Crippen LogP contribution in [0.25, 0.3) is 10.9 Å². The minimum absolute atomic E-state index is 0.274. The zero-order valence-corrected chi connectivity index (χ0v) is 11.2. The van der Waals surface area contributed by atoms with E-state index < -0.39 is 0 Å². The molecule has 1 heterocycles. The van der Waals surface area contributed by atoms with Crippen LogP contribution in [-0.2, 0) is 13.5 Å². The highest BCUT2D eigenvalue weighted by Crippen LogP contribution is 2.26. The summed E-state index contributed by atoms with van der Waals surface area (Å²) < 4.78 is 2.24. The Morgan fingerprint density at radius 3 is 2.65 bits per heavy atom. The topological polar surface area (TPSA) is 30.9 Å². The lowest BCUT2D eigenvalue weighted by molar-refractivity contribution is 0.667. The molecule has 2 N–H and O–H groups in total. The Hall–Kier alpha value is -1.28. The lowest BCUT2D eigenvalue weighted by Gasteiger charge is -2.05. The van der Waals surface area contributed by atoms with Gasteiger partial charge in [-0.15, -0.1) is 0 Å². The Kier molecular flexibility index (Phi) is 3.25. The summed E-state index contributed by atoms with van der Waals surface area (Å²) in [5.74, 6) is 0. The van der Waals surface area contributed by atoms with E-state index in [9.17, 15) is 0 Å². The summed E-state index contributed by atoms with van der Waals surface area (Å²) in [7, 11) is 2.13. The van der Waals surface area contributed by atoms with Crippen LogP contribution in [0.2, 0.25) is 0 Å². The van der Waals surface area contributed by atoms with Gasteiger partial charge in [-0.1, -0.05) is 11.6 Å². The second-order valence-corrected chi connectivity index (χ2v) is 5.26. The molecule has 1 aromatic carbocycles. The molecule has 92 valence electrons. The fourth-order valence-corrected chi connectivity index (χ4v) is 2.62. The molecule has 0 fully saturated rings. The van der Waals surface area contributed by atoms with Crippen molar-refractivity contribution in [2.45, 2.75) is 39.7 Å². The summed E-state index contributed by atoms with van der Waals surface area (Å²) in [5.41, 5.74) is 11.3. The van der Waals surface area contributed by atoms with Gasteiger partial charge in [-0.2, -0.15) is 0 Å². The minimum Gasteiger partial charge on any atom is -0.350 e. The fourth-order valence-electron chi connectivity index (χ4n) is 2.62. The van der Waals surface area contributed by atoms with Gasteiger partial charge in [-0.3, -0.25) is 0 Å². The first-order valence-corrected chi connectivity index (χ1v) is 6.29. The van der Waals surface area contributed by atoms with E-state index in [0.717, 1.165) is 12.8 Å². The Bertz CT molecular complexity index is 535. The number of nitrogens with two attached hydrogens (primary N) is 1. The number of hydrogen-bond acceptors (Lipinski definition) is 1. The monoisotopic (exact) mass is 230 g/mol. The normalized spacial score (nSPS) is 13.2. The average molecular weight is 230 g/mol. The third-order valence-electron chi connectivity index (χ3n) is 3.36. The van der Waals surface area contributed by atoms with Crippen molar-refractivity contribution >= 4 is 10.9 Å². The summed E-state index contributed by atoms with van der Waals surface area (Å²) in [4.78, 5) is 0. The average Bonchev–Trinajstić information content (AvgIpc) is 2.52. The predicted molar refractivity (Wildman–Crippen MR) is 74.4 cm³/mol. The summed E-state index contributed by atoms with van der Waals surface area (Å²) in [6.07, 6.45) is 4.36. The highest BCUT2D eigenvalue weighted by molar-refractivity contribution is 5.87. The van der Waals surface area contributed by atoms with E-state index in [1.165, 1.54) is 27.6 Å². The molecule has 0 radical (unpaired) electrons. The number of aryl methyl sites for hydroxylation is 4. The maximum absolute atomic E-state index is 5.84. The Balaban J connectivity index is 2.50. The van der Waals surface area contributed by atoms with Gasteiger partial charge in [0.2, 0.25) is 0 Å². The molecule has 0 saturated heterocycles. The van der Waals surface area contributed by atoms with Gasteiger partial charge in [0.05, 0.1) is 5.52 Å². The van der Waals surface area contributed by atoms with Crippen molar-refractivity contribution in [3.8, 4) is 0 Å². The van der Waals surface area contributed by atoms with Gasteiger partial charge in [0.15, 0.2) is 0 Å². The number of rotatable bonds is 3. The molecular weight excluding hydrogens is 208 g/mol. The van der Waals surface area contributed by atoms with E-state index in [4.69, 9.17) is 5.73 Å². The van der Waals surface area contributed by atoms with E-state index in [0.29, 0.717) is 0 Å². The Labute approximate surface area is 103 Å². The zero-order chi connectivity index (χ0) is 12.6. The molecule has 0 aliphatic rings. The lowest BCUT2D eigenvalue weighted by atomic mass is 10.0. The number of aromatic nitrogens is 1. The van der Waals surface area contributed by atoms with Crippen LogP contribution in [0.5, 0.6) is 0 Å². The van der Waals surface area contributed by atoms with E-state index in [1.54, 1.807) is 0 Å². The van der Waals surface area contributed by atoms with Crippen molar-refractivity contribution in [2.24, 2.45) is 12.8 Å². The molecule has 17 heavy (non-hydrogen) atoms. The minimum atomic E-state index is 0.274. The van der Waals surface area contributed by atoms with Crippen LogP contribution in [0, 0.1) is 13.8 Å². The van der Waals surface area contributed by atoms with Crippen LogP contribution in [0.15, 0.2) is 18.3 Å². The second kappa shape index (κ2) is 4.53. The van der Waals surface area contributed by atoms with E-state index in [-0.39, 0.29) is 6.04 Å². The van der Waals surface area contributed by atoms with Gasteiger partial charge in [-0.25, -0.2) is 0 Å². The largest absolute Gasteiger partial charge is 0.350 e. The first-order valence-electron chi connectivity index (χ1n) is 6.29. The fraction of sp³-hybridized carbons (Fsp3) is 0.467. The van der Waals surface area contributed by atoms with Crippen LogP contribution in [0.3, 0.4) is 0 Å². The number of benzene rings is 1. The standard InChI is InChI=1S/C15H22N2/c1-10-7-11(2)15-14(8-10)13(9-17(15)4)6-5-12(3)16/h7-9,12H,5-6,16H2,1-4H3. The third-order valence-corrected chi connectivity index (χ3v) is 3.36. The van der Waals surface area contributed by atoms with Crippen molar-refractivity contribution < 1.29 is 0 Å². The zero-order valence-electron chi connectivity index (χ0n) is 11.2. The van der Waals surface area contributed by atoms with Crippen LogP contribution < -0.4 is 5.73 Å². The molecule has 1 aromatic heterocycles. The van der Waals surface area contributed by atoms with Gasteiger partial charge >= 0.3 is 0 Å². The summed E-state index contributed by atoms with van der Waals surface area (Å²) >= 11 is 0. The molecular formula is C15H22N2. The van der Waals surface area contributed by atoms with Crippen LogP contribution in [0.4, 0.5) is 0 Å². The predicted octanol–water partition coefficient (Wildman–Crippen LogP) is 3.07. The molecule has 2 nitrogen and oxygen atoms in total. The van der Waals surface area contributed by atoms with Gasteiger partial charge in [0.25, 0.3) is 0 Å². The lowest BCUT2D eigenvalue weighted by Crippen LogP contribution is -2.15.